The average Bonchev–Trinajstić information content (AvgIpc) is 3.07. The molecule has 0 spiro atoms. The number of phenolic OH excluding ortho intramolecular Hbond substituents is 1. The SMILES string of the molecule is CCOc1cc(/C(O)=C2/C(=O)C(=O)N(c3cc(C)ccc3O)C2c2cccnc2)ccc1Cl. The molecule has 2 N–H and O–H groups in total. The number of Topliss-reactive ketones (excluding diaryl/α,β-unsaturated/α-hetero) is 1. The Balaban J connectivity index is 1.95. The fourth-order valence-corrected chi connectivity index (χ4v) is 4.00. The number of hydrogen-bond acceptors (Lipinski definition) is 6. The molecule has 0 saturated carbocycles. The number of carbonyl (C=O) groups is 2. The summed E-state index contributed by atoms with van der Waals surface area (Å²) in [6.07, 6.45) is 3.07. The molecule has 1 fully saturated rings. The van der Waals surface area contributed by atoms with Gasteiger partial charge in [-0.15, -0.1) is 0 Å². The Morgan fingerprint density at radius 1 is 1.18 bits per heavy atom. The van der Waals surface area contributed by atoms with Gasteiger partial charge in [-0.05, 0) is 61.4 Å². The van der Waals surface area contributed by atoms with E-state index in [1.807, 2.05) is 6.92 Å². The molecule has 1 saturated heterocycles. The number of pyridine rings is 1. The zero-order valence-electron chi connectivity index (χ0n) is 17.9. The van der Waals surface area contributed by atoms with E-state index in [0.29, 0.717) is 22.9 Å². The number of rotatable bonds is 5. The Bertz CT molecular complexity index is 1270. The van der Waals surface area contributed by atoms with Gasteiger partial charge in [0, 0.05) is 18.0 Å². The number of carbonyl (C=O) groups excluding carboxylic acids is 2. The zero-order valence-corrected chi connectivity index (χ0v) is 18.7. The van der Waals surface area contributed by atoms with Crippen LogP contribution in [0.3, 0.4) is 0 Å². The van der Waals surface area contributed by atoms with Gasteiger partial charge in [0.2, 0.25) is 0 Å². The van der Waals surface area contributed by atoms with Crippen molar-refractivity contribution in [3.8, 4) is 11.5 Å². The van der Waals surface area contributed by atoms with Crippen molar-refractivity contribution in [3.05, 3.63) is 88.2 Å². The van der Waals surface area contributed by atoms with Crippen LogP contribution < -0.4 is 9.64 Å². The fourth-order valence-electron chi connectivity index (χ4n) is 3.83. The summed E-state index contributed by atoms with van der Waals surface area (Å²) in [4.78, 5) is 31.7. The van der Waals surface area contributed by atoms with Gasteiger partial charge in [0.05, 0.1) is 28.9 Å². The quantitative estimate of drug-likeness (QED) is 0.320. The summed E-state index contributed by atoms with van der Waals surface area (Å²) in [7, 11) is 0. The molecule has 3 aromatic rings. The van der Waals surface area contributed by atoms with Crippen LogP contribution in [0, 0.1) is 6.92 Å². The Morgan fingerprint density at radius 2 is 1.97 bits per heavy atom. The first kappa shape index (κ1) is 22.4. The highest BCUT2D eigenvalue weighted by atomic mass is 35.5. The van der Waals surface area contributed by atoms with Gasteiger partial charge in [-0.1, -0.05) is 23.7 Å². The number of phenols is 1. The molecular weight excluding hydrogens is 444 g/mol. The number of aliphatic hydroxyl groups is 1. The van der Waals surface area contributed by atoms with Crippen LogP contribution in [0.4, 0.5) is 5.69 Å². The maximum Gasteiger partial charge on any atom is 0.300 e. The predicted molar refractivity (Wildman–Crippen MR) is 124 cm³/mol. The lowest BCUT2D eigenvalue weighted by atomic mass is 9.96. The Labute approximate surface area is 195 Å². The van der Waals surface area contributed by atoms with Crippen LogP contribution in [0.5, 0.6) is 11.5 Å². The molecule has 1 aliphatic rings. The minimum Gasteiger partial charge on any atom is -0.507 e. The van der Waals surface area contributed by atoms with Crippen LogP contribution in [0.2, 0.25) is 5.02 Å². The molecule has 33 heavy (non-hydrogen) atoms. The molecule has 1 atom stereocenters. The number of ketones is 1. The topological polar surface area (TPSA) is 100.0 Å². The largest absolute Gasteiger partial charge is 0.507 e. The third-order valence-corrected chi connectivity index (χ3v) is 5.65. The summed E-state index contributed by atoms with van der Waals surface area (Å²) < 4.78 is 5.50. The Morgan fingerprint density at radius 3 is 2.67 bits per heavy atom. The first-order valence-electron chi connectivity index (χ1n) is 10.3. The lowest BCUT2D eigenvalue weighted by molar-refractivity contribution is -0.132. The van der Waals surface area contributed by atoms with E-state index in [1.165, 1.54) is 29.3 Å². The molecule has 168 valence electrons. The normalized spacial score (nSPS) is 17.4. The molecule has 1 aliphatic heterocycles. The summed E-state index contributed by atoms with van der Waals surface area (Å²) in [5.41, 5.74) is 1.59. The maximum atomic E-state index is 13.2. The van der Waals surface area contributed by atoms with E-state index in [1.54, 1.807) is 43.5 Å². The van der Waals surface area contributed by atoms with Crippen molar-refractivity contribution in [2.75, 3.05) is 11.5 Å². The number of nitrogens with zero attached hydrogens (tertiary/aromatic N) is 2. The second kappa shape index (κ2) is 8.96. The van der Waals surface area contributed by atoms with E-state index in [4.69, 9.17) is 16.3 Å². The van der Waals surface area contributed by atoms with Crippen molar-refractivity contribution in [3.63, 3.8) is 0 Å². The number of aliphatic hydroxyl groups excluding tert-OH is 1. The number of benzene rings is 2. The van der Waals surface area contributed by atoms with Gasteiger partial charge >= 0.3 is 0 Å². The summed E-state index contributed by atoms with van der Waals surface area (Å²) >= 11 is 6.16. The summed E-state index contributed by atoms with van der Waals surface area (Å²) in [5, 5.41) is 22.1. The van der Waals surface area contributed by atoms with Gasteiger partial charge in [0.25, 0.3) is 11.7 Å². The molecule has 0 aliphatic carbocycles. The van der Waals surface area contributed by atoms with E-state index >= 15 is 0 Å². The van der Waals surface area contributed by atoms with Gasteiger partial charge in [0.15, 0.2) is 0 Å². The number of ether oxygens (including phenoxy) is 1. The van der Waals surface area contributed by atoms with Gasteiger partial charge in [0.1, 0.15) is 17.3 Å². The lowest BCUT2D eigenvalue weighted by Crippen LogP contribution is -2.29. The van der Waals surface area contributed by atoms with E-state index in [9.17, 15) is 19.8 Å². The number of aromatic hydroxyl groups is 1. The molecule has 2 heterocycles. The van der Waals surface area contributed by atoms with Crippen molar-refractivity contribution in [2.24, 2.45) is 0 Å². The fraction of sp³-hybridized carbons (Fsp3) is 0.160. The summed E-state index contributed by atoms with van der Waals surface area (Å²) in [6, 6.07) is 11.7. The monoisotopic (exact) mass is 464 g/mol. The third-order valence-electron chi connectivity index (χ3n) is 5.34. The van der Waals surface area contributed by atoms with Gasteiger partial charge in [-0.25, -0.2) is 0 Å². The molecule has 7 nitrogen and oxygen atoms in total. The van der Waals surface area contributed by atoms with E-state index in [-0.39, 0.29) is 28.3 Å². The van der Waals surface area contributed by atoms with Crippen LogP contribution in [0.25, 0.3) is 5.76 Å². The van der Waals surface area contributed by atoms with Gasteiger partial charge < -0.3 is 14.9 Å². The van der Waals surface area contributed by atoms with Crippen LogP contribution in [0.1, 0.15) is 29.7 Å². The van der Waals surface area contributed by atoms with Crippen molar-refractivity contribution >= 4 is 34.7 Å². The summed E-state index contributed by atoms with van der Waals surface area (Å²) in [5.74, 6) is -1.96. The second-order valence-corrected chi connectivity index (χ2v) is 7.93. The minimum absolute atomic E-state index is 0.126. The van der Waals surface area contributed by atoms with Crippen molar-refractivity contribution in [1.82, 2.24) is 4.98 Å². The predicted octanol–water partition coefficient (Wildman–Crippen LogP) is 4.77. The standard InChI is InChI=1S/C25H21ClN2O5/c1-3-33-20-12-15(7-8-17(20)26)23(30)21-22(16-5-4-10-27-13-16)28(25(32)24(21)31)18-11-14(2)6-9-19(18)29/h4-13,22,29-30H,3H2,1-2H3/b23-21-. The second-order valence-electron chi connectivity index (χ2n) is 7.53. The molecule has 1 unspecified atom stereocenters. The van der Waals surface area contributed by atoms with Crippen molar-refractivity contribution in [2.45, 2.75) is 19.9 Å². The molecule has 0 radical (unpaired) electrons. The molecule has 1 amide bonds. The van der Waals surface area contributed by atoms with E-state index in [0.717, 1.165) is 5.56 Å². The molecule has 8 heteroatoms. The summed E-state index contributed by atoms with van der Waals surface area (Å²) in [6.45, 7) is 3.96. The molecule has 4 rings (SSSR count). The van der Waals surface area contributed by atoms with Gasteiger partial charge in [-0.3, -0.25) is 19.5 Å². The average molecular weight is 465 g/mol. The van der Waals surface area contributed by atoms with E-state index in [2.05, 4.69) is 4.98 Å². The first-order valence-corrected chi connectivity index (χ1v) is 10.6. The highest BCUT2D eigenvalue weighted by Gasteiger charge is 2.47. The highest BCUT2D eigenvalue weighted by Crippen LogP contribution is 2.45. The number of anilines is 1. The number of hydrogen-bond donors (Lipinski definition) is 2. The number of aryl methyl sites for hydroxylation is 1. The van der Waals surface area contributed by atoms with Crippen LogP contribution in [-0.4, -0.2) is 33.5 Å². The molecule has 1 aromatic heterocycles. The number of aromatic nitrogens is 1. The van der Waals surface area contributed by atoms with Gasteiger partial charge in [-0.2, -0.15) is 0 Å². The molecular formula is C25H21ClN2O5. The van der Waals surface area contributed by atoms with Crippen LogP contribution in [-0.2, 0) is 9.59 Å². The maximum absolute atomic E-state index is 13.2. The first-order chi connectivity index (χ1) is 15.8. The van der Waals surface area contributed by atoms with Crippen LogP contribution in [0.15, 0.2) is 66.5 Å². The third kappa shape index (κ3) is 4.03. The minimum atomic E-state index is -1.00. The van der Waals surface area contributed by atoms with Crippen molar-refractivity contribution in [1.29, 1.82) is 0 Å². The number of amides is 1. The van der Waals surface area contributed by atoms with Crippen molar-refractivity contribution < 1.29 is 24.5 Å². The highest BCUT2D eigenvalue weighted by molar-refractivity contribution is 6.52. The Kier molecular flexibility index (Phi) is 6.07. The smallest absolute Gasteiger partial charge is 0.300 e. The zero-order chi connectivity index (χ0) is 23.7. The molecule has 0 bridgehead atoms. The molecule has 2 aromatic carbocycles. The van der Waals surface area contributed by atoms with E-state index < -0.39 is 17.7 Å². The number of halogens is 1. The Hall–Kier alpha value is -3.84. The van der Waals surface area contributed by atoms with Crippen LogP contribution >= 0.6 is 11.6 Å². The lowest BCUT2D eigenvalue weighted by Gasteiger charge is -2.26.